The summed E-state index contributed by atoms with van der Waals surface area (Å²) < 4.78 is 0. The molecule has 0 spiro atoms. The van der Waals surface area contributed by atoms with Gasteiger partial charge in [0.05, 0.1) is 6.42 Å². The molecule has 0 saturated carbocycles. The molecular formula is C18H14ClN3O2S. The van der Waals surface area contributed by atoms with Crippen molar-refractivity contribution in [2.24, 2.45) is 5.73 Å². The highest BCUT2D eigenvalue weighted by Gasteiger charge is 2.14. The van der Waals surface area contributed by atoms with E-state index in [0.29, 0.717) is 27.0 Å². The van der Waals surface area contributed by atoms with E-state index in [1.54, 1.807) is 41.8 Å². The highest BCUT2D eigenvalue weighted by atomic mass is 35.5. The molecule has 3 aromatic rings. The fourth-order valence-electron chi connectivity index (χ4n) is 2.30. The van der Waals surface area contributed by atoms with Gasteiger partial charge in [-0.3, -0.25) is 9.59 Å². The number of halogens is 1. The molecule has 126 valence electrons. The van der Waals surface area contributed by atoms with Crippen molar-refractivity contribution in [3.05, 3.63) is 70.2 Å². The first-order chi connectivity index (χ1) is 12.0. The van der Waals surface area contributed by atoms with E-state index in [-0.39, 0.29) is 12.3 Å². The number of primary amides is 1. The number of anilines is 1. The molecule has 0 atom stereocenters. The lowest BCUT2D eigenvalue weighted by Crippen LogP contribution is -2.17. The predicted molar refractivity (Wildman–Crippen MR) is 99.9 cm³/mol. The van der Waals surface area contributed by atoms with Gasteiger partial charge in [0.2, 0.25) is 5.91 Å². The van der Waals surface area contributed by atoms with Crippen molar-refractivity contribution in [2.75, 3.05) is 5.32 Å². The van der Waals surface area contributed by atoms with Crippen LogP contribution in [0.4, 0.5) is 5.69 Å². The lowest BCUT2D eigenvalue weighted by Gasteiger charge is -2.08. The zero-order chi connectivity index (χ0) is 17.8. The fraction of sp³-hybridized carbons (Fsp3) is 0.0556. The number of carbonyl (C=O) groups excluding carboxylic acids is 2. The largest absolute Gasteiger partial charge is 0.369 e. The van der Waals surface area contributed by atoms with Crippen molar-refractivity contribution in [1.82, 2.24) is 4.98 Å². The standard InChI is InChI=1S/C18H14ClN3O2S/c19-13-6-3-5-12(8-13)18-22-15(10-25-18)17(24)21-14-7-2-1-4-11(14)9-16(20)23/h1-8,10H,9H2,(H2,20,23)(H,21,24). The Morgan fingerprint density at radius 1 is 1.16 bits per heavy atom. The maximum absolute atomic E-state index is 12.5. The van der Waals surface area contributed by atoms with Gasteiger partial charge in [-0.25, -0.2) is 4.98 Å². The second-order valence-corrected chi connectivity index (χ2v) is 6.60. The van der Waals surface area contributed by atoms with E-state index < -0.39 is 5.91 Å². The van der Waals surface area contributed by atoms with Crippen LogP contribution in [-0.4, -0.2) is 16.8 Å². The number of aromatic nitrogens is 1. The van der Waals surface area contributed by atoms with Crippen LogP contribution in [0.25, 0.3) is 10.6 Å². The Bertz CT molecular complexity index is 939. The van der Waals surface area contributed by atoms with Crippen molar-refractivity contribution in [3.63, 3.8) is 0 Å². The molecule has 0 aliphatic rings. The summed E-state index contributed by atoms with van der Waals surface area (Å²) in [5.74, 6) is -0.806. The number of rotatable bonds is 5. The Hall–Kier alpha value is -2.70. The second kappa shape index (κ2) is 7.46. The number of hydrogen-bond acceptors (Lipinski definition) is 4. The monoisotopic (exact) mass is 371 g/mol. The van der Waals surface area contributed by atoms with Gasteiger partial charge < -0.3 is 11.1 Å². The van der Waals surface area contributed by atoms with Gasteiger partial charge in [-0.15, -0.1) is 11.3 Å². The minimum atomic E-state index is -0.460. The fourth-order valence-corrected chi connectivity index (χ4v) is 3.29. The lowest BCUT2D eigenvalue weighted by atomic mass is 10.1. The smallest absolute Gasteiger partial charge is 0.275 e. The Labute approximate surface area is 153 Å². The first-order valence-electron chi connectivity index (χ1n) is 7.42. The highest BCUT2D eigenvalue weighted by Crippen LogP contribution is 2.26. The van der Waals surface area contributed by atoms with Gasteiger partial charge in [-0.05, 0) is 23.8 Å². The average molecular weight is 372 g/mol. The van der Waals surface area contributed by atoms with Crippen LogP contribution in [0.5, 0.6) is 0 Å². The number of carbonyl (C=O) groups is 2. The number of hydrogen-bond donors (Lipinski definition) is 2. The van der Waals surface area contributed by atoms with Crippen LogP contribution in [0.3, 0.4) is 0 Å². The lowest BCUT2D eigenvalue weighted by molar-refractivity contribution is -0.117. The van der Waals surface area contributed by atoms with Gasteiger partial charge in [-0.2, -0.15) is 0 Å². The summed E-state index contributed by atoms with van der Waals surface area (Å²) in [5.41, 5.74) is 7.60. The summed E-state index contributed by atoms with van der Waals surface area (Å²) in [5, 5.41) is 5.78. The van der Waals surface area contributed by atoms with Crippen molar-refractivity contribution in [1.29, 1.82) is 0 Å². The van der Waals surface area contributed by atoms with E-state index in [9.17, 15) is 9.59 Å². The maximum Gasteiger partial charge on any atom is 0.275 e. The summed E-state index contributed by atoms with van der Waals surface area (Å²) >= 11 is 7.35. The molecule has 1 heterocycles. The minimum absolute atomic E-state index is 0.0568. The third-order valence-electron chi connectivity index (χ3n) is 3.44. The Morgan fingerprint density at radius 2 is 1.96 bits per heavy atom. The Kier molecular flexibility index (Phi) is 5.11. The molecule has 25 heavy (non-hydrogen) atoms. The van der Waals surface area contributed by atoms with Crippen molar-refractivity contribution >= 4 is 40.4 Å². The van der Waals surface area contributed by atoms with Gasteiger partial charge >= 0.3 is 0 Å². The van der Waals surface area contributed by atoms with E-state index in [2.05, 4.69) is 10.3 Å². The second-order valence-electron chi connectivity index (χ2n) is 5.30. The molecule has 0 saturated heterocycles. The molecule has 3 N–H and O–H groups in total. The number of nitrogens with two attached hydrogens (primary N) is 1. The molecule has 5 nitrogen and oxygen atoms in total. The SMILES string of the molecule is NC(=O)Cc1ccccc1NC(=O)c1csc(-c2cccc(Cl)c2)n1. The Balaban J connectivity index is 1.80. The predicted octanol–water partition coefficient (Wildman–Crippen LogP) is 3.74. The molecular weight excluding hydrogens is 358 g/mol. The van der Waals surface area contributed by atoms with Gasteiger partial charge in [0, 0.05) is 21.7 Å². The van der Waals surface area contributed by atoms with Gasteiger partial charge in [0.1, 0.15) is 10.7 Å². The van der Waals surface area contributed by atoms with Crippen LogP contribution in [0.15, 0.2) is 53.9 Å². The number of amides is 2. The van der Waals surface area contributed by atoms with E-state index in [1.165, 1.54) is 11.3 Å². The third-order valence-corrected chi connectivity index (χ3v) is 4.57. The molecule has 0 radical (unpaired) electrons. The van der Waals surface area contributed by atoms with Crippen LogP contribution >= 0.6 is 22.9 Å². The zero-order valence-electron chi connectivity index (χ0n) is 13.0. The molecule has 2 aromatic carbocycles. The molecule has 3 rings (SSSR count). The summed E-state index contributed by atoms with van der Waals surface area (Å²) in [6, 6.07) is 14.3. The van der Waals surface area contributed by atoms with Crippen LogP contribution in [0, 0.1) is 0 Å². The molecule has 1 aromatic heterocycles. The van der Waals surface area contributed by atoms with E-state index in [1.807, 2.05) is 12.1 Å². The molecule has 0 aliphatic carbocycles. The third kappa shape index (κ3) is 4.23. The van der Waals surface area contributed by atoms with Crippen LogP contribution in [0.1, 0.15) is 16.1 Å². The Morgan fingerprint density at radius 3 is 2.72 bits per heavy atom. The minimum Gasteiger partial charge on any atom is -0.369 e. The van der Waals surface area contributed by atoms with Crippen LogP contribution in [-0.2, 0) is 11.2 Å². The molecule has 2 amide bonds. The summed E-state index contributed by atoms with van der Waals surface area (Å²) in [4.78, 5) is 28.0. The summed E-state index contributed by atoms with van der Waals surface area (Å²) in [6.45, 7) is 0. The summed E-state index contributed by atoms with van der Waals surface area (Å²) in [7, 11) is 0. The molecule has 0 fully saturated rings. The zero-order valence-corrected chi connectivity index (χ0v) is 14.6. The van der Waals surface area contributed by atoms with E-state index in [0.717, 1.165) is 5.56 Å². The van der Waals surface area contributed by atoms with Crippen LogP contribution < -0.4 is 11.1 Å². The molecule has 0 unspecified atom stereocenters. The number of nitrogens with zero attached hydrogens (tertiary/aromatic N) is 1. The molecule has 0 bridgehead atoms. The summed E-state index contributed by atoms with van der Waals surface area (Å²) in [6.07, 6.45) is 0.0568. The first-order valence-corrected chi connectivity index (χ1v) is 8.68. The van der Waals surface area contributed by atoms with Gasteiger partial charge in [0.15, 0.2) is 0 Å². The number of thiazole rings is 1. The van der Waals surface area contributed by atoms with Crippen molar-refractivity contribution < 1.29 is 9.59 Å². The van der Waals surface area contributed by atoms with Gasteiger partial charge in [-0.1, -0.05) is 41.9 Å². The quantitative estimate of drug-likeness (QED) is 0.716. The van der Waals surface area contributed by atoms with E-state index >= 15 is 0 Å². The van der Waals surface area contributed by atoms with Crippen molar-refractivity contribution in [3.8, 4) is 10.6 Å². The van der Waals surface area contributed by atoms with Crippen molar-refractivity contribution in [2.45, 2.75) is 6.42 Å². The first kappa shape index (κ1) is 17.1. The highest BCUT2D eigenvalue weighted by molar-refractivity contribution is 7.13. The van der Waals surface area contributed by atoms with Crippen LogP contribution in [0.2, 0.25) is 5.02 Å². The van der Waals surface area contributed by atoms with Gasteiger partial charge in [0.25, 0.3) is 5.91 Å². The maximum atomic E-state index is 12.5. The molecule has 0 aliphatic heterocycles. The number of para-hydroxylation sites is 1. The normalized spacial score (nSPS) is 10.4. The topological polar surface area (TPSA) is 85.1 Å². The average Bonchev–Trinajstić information content (AvgIpc) is 3.06. The number of benzene rings is 2. The molecule has 7 heteroatoms. The van der Waals surface area contributed by atoms with E-state index in [4.69, 9.17) is 17.3 Å². The number of nitrogens with one attached hydrogen (secondary N) is 1.